The van der Waals surface area contributed by atoms with E-state index in [1.807, 2.05) is 13.2 Å². The molecule has 0 radical (unpaired) electrons. The molecule has 1 saturated heterocycles. The molecule has 1 N–H and O–H groups in total. The first-order valence-electron chi connectivity index (χ1n) is 6.00. The molecule has 0 spiro atoms. The molecule has 1 aromatic heterocycles. The maximum atomic E-state index is 10.4. The van der Waals surface area contributed by atoms with Crippen molar-refractivity contribution in [2.75, 3.05) is 13.2 Å². The summed E-state index contributed by atoms with van der Waals surface area (Å²) >= 11 is 0. The third kappa shape index (κ3) is 2.28. The number of ether oxygens (including phenoxy) is 1. The second-order valence-corrected chi connectivity index (χ2v) is 4.45. The highest BCUT2D eigenvalue weighted by atomic mass is 16.5. The lowest BCUT2D eigenvalue weighted by molar-refractivity contribution is 0.00686. The second kappa shape index (κ2) is 4.97. The highest BCUT2D eigenvalue weighted by Gasteiger charge is 2.26. The summed E-state index contributed by atoms with van der Waals surface area (Å²) < 4.78 is 7.10. The molecule has 4 heteroatoms. The molecule has 4 nitrogen and oxygen atoms in total. The summed E-state index contributed by atoms with van der Waals surface area (Å²) in [7, 11) is 1.90. The topological polar surface area (TPSA) is 47.3 Å². The van der Waals surface area contributed by atoms with Crippen molar-refractivity contribution in [1.82, 2.24) is 9.78 Å². The predicted molar refractivity (Wildman–Crippen MR) is 61.1 cm³/mol. The molecule has 0 aromatic carbocycles. The molecule has 1 aromatic rings. The fourth-order valence-corrected chi connectivity index (χ4v) is 2.36. The van der Waals surface area contributed by atoms with E-state index in [2.05, 4.69) is 12.0 Å². The highest BCUT2D eigenvalue weighted by molar-refractivity contribution is 5.20. The second-order valence-electron chi connectivity index (χ2n) is 4.45. The third-order valence-electron chi connectivity index (χ3n) is 3.30. The quantitative estimate of drug-likeness (QED) is 0.845. The van der Waals surface area contributed by atoms with Crippen molar-refractivity contribution in [3.05, 3.63) is 17.5 Å². The molecule has 1 atom stereocenters. The van der Waals surface area contributed by atoms with Gasteiger partial charge in [0, 0.05) is 32.0 Å². The first-order valence-corrected chi connectivity index (χ1v) is 6.00. The monoisotopic (exact) mass is 224 g/mol. The van der Waals surface area contributed by atoms with Gasteiger partial charge in [0.15, 0.2) is 0 Å². The molecule has 1 unspecified atom stereocenters. The Kier molecular flexibility index (Phi) is 3.61. The van der Waals surface area contributed by atoms with E-state index >= 15 is 0 Å². The van der Waals surface area contributed by atoms with Crippen LogP contribution >= 0.6 is 0 Å². The summed E-state index contributed by atoms with van der Waals surface area (Å²) in [4.78, 5) is 0. The molecule has 1 fully saturated rings. The van der Waals surface area contributed by atoms with Gasteiger partial charge in [0.25, 0.3) is 0 Å². The van der Waals surface area contributed by atoms with Crippen molar-refractivity contribution in [3.8, 4) is 0 Å². The third-order valence-corrected chi connectivity index (χ3v) is 3.30. The lowest BCUT2D eigenvalue weighted by atomic mass is 9.89. The first kappa shape index (κ1) is 11.6. The van der Waals surface area contributed by atoms with E-state index in [1.165, 1.54) is 0 Å². The molecular weight excluding hydrogens is 204 g/mol. The van der Waals surface area contributed by atoms with Crippen molar-refractivity contribution in [3.63, 3.8) is 0 Å². The van der Waals surface area contributed by atoms with Crippen molar-refractivity contribution >= 4 is 0 Å². The molecule has 0 bridgehead atoms. The Balaban J connectivity index is 2.14. The number of hydrogen-bond acceptors (Lipinski definition) is 3. The van der Waals surface area contributed by atoms with E-state index < -0.39 is 0 Å². The predicted octanol–water partition coefficient (Wildman–Crippen LogP) is 1.44. The number of nitrogens with zero attached hydrogens (tertiary/aromatic N) is 2. The lowest BCUT2D eigenvalue weighted by Crippen LogP contribution is -2.22. The molecule has 2 rings (SSSR count). The Hall–Kier alpha value is -0.870. The van der Waals surface area contributed by atoms with Gasteiger partial charge in [0.1, 0.15) is 0 Å². The Morgan fingerprint density at radius 2 is 2.25 bits per heavy atom. The Morgan fingerprint density at radius 1 is 1.56 bits per heavy atom. The van der Waals surface area contributed by atoms with Crippen molar-refractivity contribution in [2.45, 2.75) is 32.3 Å². The maximum Gasteiger partial charge on any atom is 0.0853 e. The molecule has 90 valence electrons. The molecule has 16 heavy (non-hydrogen) atoms. The van der Waals surface area contributed by atoms with E-state index in [-0.39, 0.29) is 6.10 Å². The summed E-state index contributed by atoms with van der Waals surface area (Å²) in [5.74, 6) is 0.322. The minimum atomic E-state index is -0.382. The molecule has 0 amide bonds. The minimum Gasteiger partial charge on any atom is -0.388 e. The highest BCUT2D eigenvalue weighted by Crippen LogP contribution is 2.31. The van der Waals surface area contributed by atoms with E-state index in [9.17, 15) is 5.11 Å². The maximum absolute atomic E-state index is 10.4. The van der Waals surface area contributed by atoms with Gasteiger partial charge in [-0.15, -0.1) is 0 Å². The van der Waals surface area contributed by atoms with E-state index in [4.69, 9.17) is 4.74 Å². The summed E-state index contributed by atoms with van der Waals surface area (Å²) in [6, 6.07) is 0. The Bertz CT molecular complexity index is 343. The fraction of sp³-hybridized carbons (Fsp3) is 0.750. The van der Waals surface area contributed by atoms with Gasteiger partial charge in [0.2, 0.25) is 0 Å². The molecule has 0 saturated carbocycles. The standard InChI is InChI=1S/C12H20N2O2/c1-3-11-10(8-14(2)13-11)12(15)9-4-6-16-7-5-9/h8-9,12,15H,3-7H2,1-2H3. The average Bonchev–Trinajstić information content (AvgIpc) is 2.70. The number of aromatic nitrogens is 2. The molecule has 0 aliphatic carbocycles. The number of aryl methyl sites for hydroxylation is 2. The van der Waals surface area contributed by atoms with E-state index in [0.717, 1.165) is 43.7 Å². The van der Waals surface area contributed by atoms with Gasteiger partial charge in [0.05, 0.1) is 11.8 Å². The van der Waals surface area contributed by atoms with Crippen molar-refractivity contribution in [2.24, 2.45) is 13.0 Å². The molecular formula is C12H20N2O2. The van der Waals surface area contributed by atoms with Gasteiger partial charge in [-0.05, 0) is 25.2 Å². The zero-order chi connectivity index (χ0) is 11.5. The molecule has 1 aliphatic rings. The summed E-state index contributed by atoms with van der Waals surface area (Å²) in [6.07, 6.45) is 4.32. The van der Waals surface area contributed by atoms with Crippen LogP contribution in [0.15, 0.2) is 6.20 Å². The van der Waals surface area contributed by atoms with Crippen LogP contribution in [0.4, 0.5) is 0 Å². The normalized spacial score (nSPS) is 19.9. The van der Waals surface area contributed by atoms with Crippen LogP contribution in [-0.2, 0) is 18.2 Å². The van der Waals surface area contributed by atoms with Crippen LogP contribution in [0, 0.1) is 5.92 Å². The lowest BCUT2D eigenvalue weighted by Gasteiger charge is -2.26. The van der Waals surface area contributed by atoms with Gasteiger partial charge in [-0.1, -0.05) is 6.92 Å². The first-order chi connectivity index (χ1) is 7.72. The van der Waals surface area contributed by atoms with E-state index in [1.54, 1.807) is 4.68 Å². The molecule has 1 aliphatic heterocycles. The van der Waals surface area contributed by atoms with Crippen LogP contribution < -0.4 is 0 Å². The SMILES string of the molecule is CCc1nn(C)cc1C(O)C1CCOCC1. The van der Waals surface area contributed by atoms with Crippen molar-refractivity contribution < 1.29 is 9.84 Å². The van der Waals surface area contributed by atoms with Gasteiger partial charge in [-0.2, -0.15) is 5.10 Å². The van der Waals surface area contributed by atoms with Gasteiger partial charge in [-0.3, -0.25) is 4.68 Å². The summed E-state index contributed by atoms with van der Waals surface area (Å²) in [5, 5.41) is 14.7. The van der Waals surface area contributed by atoms with E-state index in [0.29, 0.717) is 5.92 Å². The van der Waals surface area contributed by atoms with Crippen LogP contribution in [0.1, 0.15) is 37.1 Å². The Morgan fingerprint density at radius 3 is 2.88 bits per heavy atom. The van der Waals surface area contributed by atoms with Crippen molar-refractivity contribution in [1.29, 1.82) is 0 Å². The smallest absolute Gasteiger partial charge is 0.0853 e. The fourth-order valence-electron chi connectivity index (χ4n) is 2.36. The van der Waals surface area contributed by atoms with Gasteiger partial charge < -0.3 is 9.84 Å². The summed E-state index contributed by atoms with van der Waals surface area (Å²) in [6.45, 7) is 3.61. The number of aliphatic hydroxyl groups is 1. The average molecular weight is 224 g/mol. The zero-order valence-electron chi connectivity index (χ0n) is 10.0. The van der Waals surface area contributed by atoms with Crippen LogP contribution in [0.5, 0.6) is 0 Å². The number of rotatable bonds is 3. The minimum absolute atomic E-state index is 0.322. The van der Waals surface area contributed by atoms with Gasteiger partial charge in [-0.25, -0.2) is 0 Å². The largest absolute Gasteiger partial charge is 0.388 e. The van der Waals surface area contributed by atoms with Gasteiger partial charge >= 0.3 is 0 Å². The van der Waals surface area contributed by atoms with Crippen LogP contribution in [-0.4, -0.2) is 28.1 Å². The number of aliphatic hydroxyl groups excluding tert-OH is 1. The Labute approximate surface area is 96.2 Å². The van der Waals surface area contributed by atoms with Crippen LogP contribution in [0.2, 0.25) is 0 Å². The van der Waals surface area contributed by atoms with Crippen LogP contribution in [0.3, 0.4) is 0 Å². The molecule has 2 heterocycles. The summed E-state index contributed by atoms with van der Waals surface area (Å²) in [5.41, 5.74) is 2.01. The van der Waals surface area contributed by atoms with Crippen LogP contribution in [0.25, 0.3) is 0 Å². The number of hydrogen-bond donors (Lipinski definition) is 1. The zero-order valence-corrected chi connectivity index (χ0v) is 10.0.